The van der Waals surface area contributed by atoms with Crippen LogP contribution in [0.15, 0.2) is 53.7 Å². The summed E-state index contributed by atoms with van der Waals surface area (Å²) in [7, 11) is 1.78. The molecule has 7 heteroatoms. The van der Waals surface area contributed by atoms with Gasteiger partial charge in [0.05, 0.1) is 22.9 Å². The van der Waals surface area contributed by atoms with E-state index in [1.165, 1.54) is 10.4 Å². The average molecular weight is 493 g/mol. The van der Waals surface area contributed by atoms with Crippen molar-refractivity contribution in [2.24, 2.45) is 4.99 Å². The lowest BCUT2D eigenvalue weighted by Crippen LogP contribution is -2.36. The van der Waals surface area contributed by atoms with Gasteiger partial charge in [0.1, 0.15) is 0 Å². The summed E-state index contributed by atoms with van der Waals surface area (Å²) in [6.07, 6.45) is 1.81. The van der Waals surface area contributed by atoms with Crippen LogP contribution in [-0.2, 0) is 13.1 Å². The van der Waals surface area contributed by atoms with Gasteiger partial charge in [0.25, 0.3) is 0 Å². The quantitative estimate of drug-likeness (QED) is 0.316. The number of halogens is 1. The molecule has 1 aromatic carbocycles. The lowest BCUT2D eigenvalue weighted by atomic mass is 10.1. The van der Waals surface area contributed by atoms with Crippen LogP contribution in [0, 0.1) is 13.8 Å². The molecule has 0 spiro atoms. The predicted molar refractivity (Wildman–Crippen MR) is 124 cm³/mol. The Labute approximate surface area is 181 Å². The van der Waals surface area contributed by atoms with Crippen LogP contribution in [0.25, 0.3) is 11.3 Å². The minimum atomic E-state index is 0. The van der Waals surface area contributed by atoms with Gasteiger partial charge in [-0.1, -0.05) is 24.3 Å². The number of pyridine rings is 1. The maximum atomic E-state index is 4.46. The molecular weight excluding hydrogens is 469 g/mol. The van der Waals surface area contributed by atoms with Gasteiger partial charge in [0.15, 0.2) is 5.96 Å². The first-order chi connectivity index (χ1) is 12.7. The van der Waals surface area contributed by atoms with Gasteiger partial charge in [-0.15, -0.1) is 35.3 Å². The van der Waals surface area contributed by atoms with Crippen LogP contribution in [0.5, 0.6) is 0 Å². The first-order valence-corrected chi connectivity index (χ1v) is 9.35. The van der Waals surface area contributed by atoms with Gasteiger partial charge in [0, 0.05) is 30.2 Å². The molecule has 3 rings (SSSR count). The SMILES string of the molecule is CN=C(NCc1cccc(-c2ccccn2)c1)NCc1sc(C)nc1C.I. The highest BCUT2D eigenvalue weighted by atomic mass is 127. The molecule has 2 N–H and O–H groups in total. The summed E-state index contributed by atoms with van der Waals surface area (Å²) >= 11 is 1.72. The van der Waals surface area contributed by atoms with E-state index in [2.05, 4.69) is 49.9 Å². The molecule has 0 saturated heterocycles. The number of nitrogens with one attached hydrogen (secondary N) is 2. The number of nitrogens with zero attached hydrogens (tertiary/aromatic N) is 3. The third kappa shape index (κ3) is 6.00. The molecule has 2 heterocycles. The van der Waals surface area contributed by atoms with Gasteiger partial charge in [-0.3, -0.25) is 9.98 Å². The Balaban J connectivity index is 0.00000261. The summed E-state index contributed by atoms with van der Waals surface area (Å²) in [5, 5.41) is 7.81. The molecule has 0 fully saturated rings. The molecule has 0 radical (unpaired) electrons. The molecule has 0 aliphatic heterocycles. The maximum absolute atomic E-state index is 4.46. The molecule has 0 bridgehead atoms. The first kappa shape index (κ1) is 21.3. The van der Waals surface area contributed by atoms with Crippen molar-refractivity contribution in [2.75, 3.05) is 7.05 Å². The first-order valence-electron chi connectivity index (χ1n) is 8.53. The number of hydrogen-bond donors (Lipinski definition) is 2. The van der Waals surface area contributed by atoms with Crippen molar-refractivity contribution in [2.45, 2.75) is 26.9 Å². The van der Waals surface area contributed by atoms with E-state index in [4.69, 9.17) is 0 Å². The second-order valence-electron chi connectivity index (χ2n) is 5.94. The number of aryl methyl sites for hydroxylation is 2. The number of aromatic nitrogens is 2. The Kier molecular flexibility index (Phi) is 8.18. The van der Waals surface area contributed by atoms with Gasteiger partial charge in [0.2, 0.25) is 0 Å². The largest absolute Gasteiger partial charge is 0.352 e. The Hall–Kier alpha value is -2.00. The third-order valence-electron chi connectivity index (χ3n) is 3.99. The molecule has 27 heavy (non-hydrogen) atoms. The molecule has 5 nitrogen and oxygen atoms in total. The zero-order valence-corrected chi connectivity index (χ0v) is 18.8. The van der Waals surface area contributed by atoms with Crippen LogP contribution >= 0.6 is 35.3 Å². The van der Waals surface area contributed by atoms with E-state index in [1.807, 2.05) is 38.2 Å². The topological polar surface area (TPSA) is 62.2 Å². The third-order valence-corrected chi connectivity index (χ3v) is 5.06. The minimum Gasteiger partial charge on any atom is -0.352 e. The maximum Gasteiger partial charge on any atom is 0.191 e. The zero-order chi connectivity index (χ0) is 18.4. The van der Waals surface area contributed by atoms with Gasteiger partial charge >= 0.3 is 0 Å². The average Bonchev–Trinajstić information content (AvgIpc) is 3.00. The number of aliphatic imine (C=N–C) groups is 1. The highest BCUT2D eigenvalue weighted by molar-refractivity contribution is 14.0. The number of thiazole rings is 1. The Morgan fingerprint density at radius 1 is 1.07 bits per heavy atom. The van der Waals surface area contributed by atoms with E-state index >= 15 is 0 Å². The summed E-state index contributed by atoms with van der Waals surface area (Å²) in [4.78, 5) is 14.4. The molecular formula is C20H24IN5S. The fourth-order valence-electron chi connectivity index (χ4n) is 2.68. The number of hydrogen-bond acceptors (Lipinski definition) is 4. The molecule has 0 aliphatic carbocycles. The molecule has 0 unspecified atom stereocenters. The second kappa shape index (κ2) is 10.4. The van der Waals surface area contributed by atoms with Crippen LogP contribution in [0.4, 0.5) is 0 Å². The van der Waals surface area contributed by atoms with Crippen molar-refractivity contribution < 1.29 is 0 Å². The van der Waals surface area contributed by atoms with Gasteiger partial charge in [-0.05, 0) is 37.6 Å². The van der Waals surface area contributed by atoms with Gasteiger partial charge in [-0.2, -0.15) is 0 Å². The summed E-state index contributed by atoms with van der Waals surface area (Å²) in [6, 6.07) is 14.3. The molecule has 0 amide bonds. The lowest BCUT2D eigenvalue weighted by molar-refractivity contribution is 0.811. The molecule has 0 saturated carbocycles. The molecule has 0 atom stereocenters. The van der Waals surface area contributed by atoms with Crippen LogP contribution in [-0.4, -0.2) is 23.0 Å². The predicted octanol–water partition coefficient (Wildman–Crippen LogP) is 4.31. The number of guanidine groups is 1. The van der Waals surface area contributed by atoms with Crippen molar-refractivity contribution >= 4 is 41.3 Å². The monoisotopic (exact) mass is 493 g/mol. The zero-order valence-electron chi connectivity index (χ0n) is 15.7. The fraction of sp³-hybridized carbons (Fsp3) is 0.250. The smallest absolute Gasteiger partial charge is 0.191 e. The summed E-state index contributed by atoms with van der Waals surface area (Å²) in [5.74, 6) is 0.777. The molecule has 3 aromatic rings. The number of benzene rings is 1. The highest BCUT2D eigenvalue weighted by Gasteiger charge is 2.06. The van der Waals surface area contributed by atoms with Crippen LogP contribution in [0.3, 0.4) is 0 Å². The number of rotatable bonds is 5. The van der Waals surface area contributed by atoms with Crippen molar-refractivity contribution in [3.63, 3.8) is 0 Å². The van der Waals surface area contributed by atoms with Gasteiger partial charge in [-0.25, -0.2) is 4.98 Å². The Morgan fingerprint density at radius 3 is 2.56 bits per heavy atom. The second-order valence-corrected chi connectivity index (χ2v) is 7.22. The van der Waals surface area contributed by atoms with E-state index in [9.17, 15) is 0 Å². The normalized spacial score (nSPS) is 11.0. The van der Waals surface area contributed by atoms with Crippen LogP contribution in [0.1, 0.15) is 21.1 Å². The van der Waals surface area contributed by atoms with E-state index in [1.54, 1.807) is 18.4 Å². The van der Waals surface area contributed by atoms with Crippen LogP contribution in [0.2, 0.25) is 0 Å². The summed E-state index contributed by atoms with van der Waals surface area (Å²) in [6.45, 7) is 5.49. The van der Waals surface area contributed by atoms with E-state index in [-0.39, 0.29) is 24.0 Å². The van der Waals surface area contributed by atoms with Gasteiger partial charge < -0.3 is 10.6 Å². The van der Waals surface area contributed by atoms with Crippen molar-refractivity contribution in [1.82, 2.24) is 20.6 Å². The summed E-state index contributed by atoms with van der Waals surface area (Å²) < 4.78 is 0. The van der Waals surface area contributed by atoms with Crippen LogP contribution < -0.4 is 10.6 Å². The van der Waals surface area contributed by atoms with Crippen molar-refractivity contribution in [1.29, 1.82) is 0 Å². The molecule has 142 valence electrons. The lowest BCUT2D eigenvalue weighted by Gasteiger charge is -2.12. The van der Waals surface area contributed by atoms with E-state index in [0.29, 0.717) is 6.54 Å². The van der Waals surface area contributed by atoms with E-state index < -0.39 is 0 Å². The highest BCUT2D eigenvalue weighted by Crippen LogP contribution is 2.18. The molecule has 2 aromatic heterocycles. The Morgan fingerprint density at radius 2 is 1.89 bits per heavy atom. The molecule has 0 aliphatic rings. The Bertz CT molecular complexity index is 892. The fourth-order valence-corrected chi connectivity index (χ4v) is 3.56. The van der Waals surface area contributed by atoms with Crippen molar-refractivity contribution in [3.8, 4) is 11.3 Å². The minimum absolute atomic E-state index is 0. The standard InChI is InChI=1S/C20H23N5S.HI/c1-14-19(26-15(2)25-14)13-24-20(21-3)23-12-16-7-6-8-17(11-16)18-9-4-5-10-22-18;/h4-11H,12-13H2,1-3H3,(H2,21,23,24);1H. The van der Waals surface area contributed by atoms with Crippen molar-refractivity contribution in [3.05, 3.63) is 69.8 Å². The van der Waals surface area contributed by atoms with E-state index in [0.717, 1.165) is 34.5 Å². The summed E-state index contributed by atoms with van der Waals surface area (Å²) in [5.41, 5.74) is 4.36.